The second-order valence-corrected chi connectivity index (χ2v) is 15.3. The van der Waals surface area contributed by atoms with Gasteiger partial charge in [0, 0.05) is 0 Å². The van der Waals surface area contributed by atoms with Crippen molar-refractivity contribution in [1.29, 1.82) is 0 Å². The Hall–Kier alpha value is -2.05. The monoisotopic (exact) mass is 458 g/mol. The summed E-state index contributed by atoms with van der Waals surface area (Å²) >= 11 is -4.33. The SMILES string of the molecule is CC[Si](CC)(CC)[O][Ti]([O]c1ccccc1)([O]c1ccccc1)[O]c1ccccc1. The summed E-state index contributed by atoms with van der Waals surface area (Å²) in [5.41, 5.74) is 0. The summed E-state index contributed by atoms with van der Waals surface area (Å²) in [5, 5.41) is 0. The van der Waals surface area contributed by atoms with E-state index >= 15 is 0 Å². The topological polar surface area (TPSA) is 36.9 Å². The first-order valence-electron chi connectivity index (χ1n) is 10.5. The van der Waals surface area contributed by atoms with Gasteiger partial charge in [0.25, 0.3) is 0 Å². The summed E-state index contributed by atoms with van der Waals surface area (Å²) in [6, 6.07) is 31.9. The Morgan fingerprint density at radius 3 is 1.10 bits per heavy atom. The molecule has 0 saturated heterocycles. The van der Waals surface area contributed by atoms with Crippen molar-refractivity contribution >= 4 is 8.32 Å². The Labute approximate surface area is 186 Å². The van der Waals surface area contributed by atoms with Crippen molar-refractivity contribution in [2.24, 2.45) is 0 Å². The van der Waals surface area contributed by atoms with E-state index in [1.165, 1.54) is 0 Å². The first-order chi connectivity index (χ1) is 14.6. The fourth-order valence-electron chi connectivity index (χ4n) is 3.26. The third kappa shape index (κ3) is 5.99. The molecule has 0 N–H and O–H groups in total. The minimum absolute atomic E-state index is 0.690. The average molecular weight is 458 g/mol. The molecule has 0 aliphatic rings. The molecule has 0 atom stereocenters. The van der Waals surface area contributed by atoms with E-state index in [0.29, 0.717) is 17.2 Å². The molecule has 158 valence electrons. The molecule has 0 unspecified atom stereocenters. The minimum atomic E-state index is -4.33. The van der Waals surface area contributed by atoms with E-state index in [-0.39, 0.29) is 0 Å². The van der Waals surface area contributed by atoms with Gasteiger partial charge >= 0.3 is 187 Å². The van der Waals surface area contributed by atoms with Gasteiger partial charge in [0.1, 0.15) is 0 Å². The Morgan fingerprint density at radius 2 is 0.833 bits per heavy atom. The molecule has 0 saturated carbocycles. The van der Waals surface area contributed by atoms with Gasteiger partial charge in [-0.2, -0.15) is 0 Å². The van der Waals surface area contributed by atoms with Crippen molar-refractivity contribution in [3.63, 3.8) is 0 Å². The molecule has 4 nitrogen and oxygen atoms in total. The van der Waals surface area contributed by atoms with Gasteiger partial charge in [0.2, 0.25) is 0 Å². The third-order valence-corrected chi connectivity index (χ3v) is 15.3. The molecule has 0 radical (unpaired) electrons. The fraction of sp³-hybridized carbons (Fsp3) is 0.250. The molecule has 3 aromatic rings. The van der Waals surface area contributed by atoms with Crippen LogP contribution in [0.25, 0.3) is 0 Å². The molecule has 0 spiro atoms. The van der Waals surface area contributed by atoms with Gasteiger partial charge < -0.3 is 0 Å². The van der Waals surface area contributed by atoms with E-state index in [1.54, 1.807) is 0 Å². The molecule has 0 aliphatic heterocycles. The normalized spacial score (nSPS) is 11.7. The van der Waals surface area contributed by atoms with Crippen LogP contribution in [0.15, 0.2) is 91.0 Å². The van der Waals surface area contributed by atoms with Gasteiger partial charge in [-0.1, -0.05) is 0 Å². The number of hydrogen-bond acceptors (Lipinski definition) is 4. The maximum atomic E-state index is 6.94. The standard InChI is InChI=1S/C6H15OSi.3C6H6O.Ti/c1-4-8(7,5-2)6-3;3*7-6-4-2-1-3-5-6;/h4-6H2,1-3H3;3*1-5,7H;/q-1;;;;+4/p-3. The molecule has 0 aromatic heterocycles. The van der Waals surface area contributed by atoms with Gasteiger partial charge in [-0.15, -0.1) is 0 Å². The maximum absolute atomic E-state index is 6.94. The second kappa shape index (κ2) is 10.8. The molecule has 0 amide bonds. The van der Waals surface area contributed by atoms with Crippen LogP contribution in [-0.4, -0.2) is 8.32 Å². The van der Waals surface area contributed by atoms with Crippen LogP contribution in [0.2, 0.25) is 18.1 Å². The van der Waals surface area contributed by atoms with E-state index in [1.807, 2.05) is 91.0 Å². The van der Waals surface area contributed by atoms with E-state index in [0.717, 1.165) is 18.1 Å². The average Bonchev–Trinajstić information content (AvgIpc) is 2.80. The summed E-state index contributed by atoms with van der Waals surface area (Å²) in [6.45, 7) is 6.58. The fourth-order valence-corrected chi connectivity index (χ4v) is 13.1. The molecule has 6 heteroatoms. The molecular formula is C24H30O4SiTi. The van der Waals surface area contributed by atoms with E-state index < -0.39 is 26.5 Å². The van der Waals surface area contributed by atoms with Crippen LogP contribution in [0.5, 0.6) is 17.2 Å². The first-order valence-corrected chi connectivity index (χ1v) is 15.6. The van der Waals surface area contributed by atoms with Gasteiger partial charge in [-0.25, -0.2) is 0 Å². The summed E-state index contributed by atoms with van der Waals surface area (Å²) in [7, 11) is -2.11. The number of hydrogen-bond donors (Lipinski definition) is 0. The van der Waals surface area contributed by atoms with Crippen molar-refractivity contribution in [1.82, 2.24) is 0 Å². The molecule has 0 aliphatic carbocycles. The van der Waals surface area contributed by atoms with Gasteiger partial charge in [0.15, 0.2) is 0 Å². The van der Waals surface area contributed by atoms with Crippen LogP contribution >= 0.6 is 0 Å². The predicted octanol–water partition coefficient (Wildman–Crippen LogP) is 7.06. The van der Waals surface area contributed by atoms with Gasteiger partial charge in [-0.3, -0.25) is 0 Å². The second-order valence-electron chi connectivity index (χ2n) is 7.09. The molecule has 0 bridgehead atoms. The Balaban J connectivity index is 2.07. The zero-order chi connectivity index (χ0) is 21.3. The summed E-state index contributed by atoms with van der Waals surface area (Å²) in [6.07, 6.45) is 0. The van der Waals surface area contributed by atoms with Crippen molar-refractivity contribution in [3.8, 4) is 17.2 Å². The predicted molar refractivity (Wildman–Crippen MR) is 119 cm³/mol. The molecule has 0 heterocycles. The molecule has 3 rings (SSSR count). The third-order valence-electron chi connectivity index (χ3n) is 5.23. The van der Waals surface area contributed by atoms with Crippen LogP contribution in [0.3, 0.4) is 0 Å². The van der Waals surface area contributed by atoms with Crippen LogP contribution in [-0.2, 0) is 21.1 Å². The molecular weight excluding hydrogens is 428 g/mol. The van der Waals surface area contributed by atoms with Gasteiger partial charge in [0.05, 0.1) is 0 Å². The summed E-state index contributed by atoms with van der Waals surface area (Å²) in [4.78, 5) is 0. The van der Waals surface area contributed by atoms with E-state index in [2.05, 4.69) is 20.8 Å². The zero-order valence-electron chi connectivity index (χ0n) is 17.9. The Kier molecular flexibility index (Phi) is 8.17. The Bertz CT molecular complexity index is 764. The van der Waals surface area contributed by atoms with Crippen molar-refractivity contribution < 1.29 is 31.1 Å². The molecule has 30 heavy (non-hydrogen) atoms. The summed E-state index contributed by atoms with van der Waals surface area (Å²) < 4.78 is 26.5. The first kappa shape index (κ1) is 22.6. The van der Waals surface area contributed by atoms with Crippen molar-refractivity contribution in [2.75, 3.05) is 0 Å². The molecule has 3 aromatic carbocycles. The van der Waals surface area contributed by atoms with Crippen LogP contribution in [0, 0.1) is 0 Å². The van der Waals surface area contributed by atoms with Gasteiger partial charge in [-0.05, 0) is 0 Å². The Morgan fingerprint density at radius 1 is 0.533 bits per heavy atom. The zero-order valence-corrected chi connectivity index (χ0v) is 20.5. The van der Waals surface area contributed by atoms with Crippen molar-refractivity contribution in [3.05, 3.63) is 91.0 Å². The van der Waals surface area contributed by atoms with Crippen LogP contribution < -0.4 is 9.96 Å². The number of para-hydroxylation sites is 3. The number of rotatable bonds is 11. The van der Waals surface area contributed by atoms with E-state index in [4.69, 9.17) is 13.0 Å². The van der Waals surface area contributed by atoms with Crippen LogP contribution in [0.4, 0.5) is 0 Å². The van der Waals surface area contributed by atoms with E-state index in [9.17, 15) is 0 Å². The number of benzene rings is 3. The quantitative estimate of drug-likeness (QED) is 0.288. The van der Waals surface area contributed by atoms with Crippen molar-refractivity contribution in [2.45, 2.75) is 38.9 Å². The summed E-state index contributed by atoms with van der Waals surface area (Å²) in [5.74, 6) is 2.07. The molecule has 0 fully saturated rings. The van der Waals surface area contributed by atoms with Crippen LogP contribution in [0.1, 0.15) is 20.8 Å².